The molecule has 1 atom stereocenters. The maximum atomic E-state index is 6.14. The fourth-order valence-corrected chi connectivity index (χ4v) is 1.90. The van der Waals surface area contributed by atoms with E-state index in [1.807, 2.05) is 49.5 Å². The van der Waals surface area contributed by atoms with Crippen molar-refractivity contribution in [3.63, 3.8) is 0 Å². The summed E-state index contributed by atoms with van der Waals surface area (Å²) >= 11 is 5.94. The number of benzene rings is 1. The van der Waals surface area contributed by atoms with Crippen molar-refractivity contribution in [3.05, 3.63) is 64.4 Å². The lowest BCUT2D eigenvalue weighted by Gasteiger charge is -2.11. The Kier molecular flexibility index (Phi) is 3.77. The number of aryl methyl sites for hydroxylation is 1. The van der Waals surface area contributed by atoms with Crippen molar-refractivity contribution < 1.29 is 0 Å². The first-order valence-corrected chi connectivity index (χ1v) is 5.95. The lowest BCUT2D eigenvalue weighted by molar-refractivity contribution is 0.706. The second-order valence-electron chi connectivity index (χ2n) is 4.19. The fourth-order valence-electron chi connectivity index (χ4n) is 1.70. The Morgan fingerprint density at radius 3 is 2.76 bits per heavy atom. The van der Waals surface area contributed by atoms with E-state index >= 15 is 0 Å². The van der Waals surface area contributed by atoms with Gasteiger partial charge in [0.2, 0.25) is 0 Å². The van der Waals surface area contributed by atoms with Gasteiger partial charge in [-0.25, -0.2) is 0 Å². The lowest BCUT2D eigenvalue weighted by Crippen LogP contribution is -2.14. The average Bonchev–Trinajstić information content (AvgIpc) is 2.32. The Morgan fingerprint density at radius 2 is 2.12 bits per heavy atom. The highest BCUT2D eigenvalue weighted by Gasteiger charge is 2.08. The molecule has 0 bridgehead atoms. The van der Waals surface area contributed by atoms with Gasteiger partial charge in [-0.2, -0.15) is 0 Å². The van der Waals surface area contributed by atoms with Crippen molar-refractivity contribution in [2.75, 3.05) is 0 Å². The summed E-state index contributed by atoms with van der Waals surface area (Å²) in [5.74, 6) is 0. The van der Waals surface area contributed by atoms with Crippen molar-refractivity contribution in [1.29, 1.82) is 0 Å². The quantitative estimate of drug-likeness (QED) is 0.903. The van der Waals surface area contributed by atoms with E-state index in [1.165, 1.54) is 0 Å². The van der Waals surface area contributed by atoms with Gasteiger partial charge in [-0.3, -0.25) is 4.98 Å². The molecule has 2 N–H and O–H groups in total. The maximum Gasteiger partial charge on any atom is 0.0422 e. The van der Waals surface area contributed by atoms with Crippen LogP contribution in [0.3, 0.4) is 0 Å². The number of nitrogens with two attached hydrogens (primary N) is 1. The summed E-state index contributed by atoms with van der Waals surface area (Å²) in [6.45, 7) is 2.02. The van der Waals surface area contributed by atoms with Gasteiger partial charge in [0.1, 0.15) is 0 Å². The highest BCUT2D eigenvalue weighted by atomic mass is 35.5. The van der Waals surface area contributed by atoms with Crippen LogP contribution in [-0.2, 0) is 6.42 Å². The highest BCUT2D eigenvalue weighted by Crippen LogP contribution is 2.18. The molecule has 1 unspecified atom stereocenters. The molecule has 0 aliphatic heterocycles. The van der Waals surface area contributed by atoms with Gasteiger partial charge in [0.25, 0.3) is 0 Å². The molecular formula is C14H15ClN2. The molecule has 0 saturated heterocycles. The minimum Gasteiger partial charge on any atom is -0.324 e. The zero-order valence-corrected chi connectivity index (χ0v) is 10.5. The number of hydrogen-bond donors (Lipinski definition) is 1. The summed E-state index contributed by atoms with van der Waals surface area (Å²) < 4.78 is 0. The zero-order chi connectivity index (χ0) is 12.3. The molecule has 2 nitrogen and oxygen atoms in total. The van der Waals surface area contributed by atoms with Crippen LogP contribution in [0.2, 0.25) is 5.02 Å². The SMILES string of the molecule is Cc1ccc(CC(N)c2cccc(Cl)c2)nc1. The highest BCUT2D eigenvalue weighted by molar-refractivity contribution is 6.30. The molecule has 1 aromatic heterocycles. The predicted molar refractivity (Wildman–Crippen MR) is 71.1 cm³/mol. The zero-order valence-electron chi connectivity index (χ0n) is 9.73. The number of halogens is 1. The molecule has 1 aromatic carbocycles. The van der Waals surface area contributed by atoms with Gasteiger partial charge in [0.15, 0.2) is 0 Å². The Morgan fingerprint density at radius 1 is 1.29 bits per heavy atom. The average molecular weight is 247 g/mol. The molecule has 0 fully saturated rings. The number of hydrogen-bond acceptors (Lipinski definition) is 2. The van der Waals surface area contributed by atoms with Crippen LogP contribution < -0.4 is 5.73 Å². The molecule has 0 amide bonds. The molecule has 0 aliphatic rings. The molecule has 3 heteroatoms. The van der Waals surface area contributed by atoms with Crippen LogP contribution in [0.25, 0.3) is 0 Å². The van der Waals surface area contributed by atoms with E-state index in [0.29, 0.717) is 0 Å². The smallest absolute Gasteiger partial charge is 0.0422 e. The standard InChI is InChI=1S/C14H15ClN2/c1-10-5-6-13(17-9-10)8-14(16)11-3-2-4-12(15)7-11/h2-7,9,14H,8,16H2,1H3. The van der Waals surface area contributed by atoms with Crippen LogP contribution >= 0.6 is 11.6 Å². The Bertz CT molecular complexity index is 494. The second-order valence-corrected chi connectivity index (χ2v) is 4.63. The van der Waals surface area contributed by atoms with Gasteiger partial charge in [0.05, 0.1) is 0 Å². The molecule has 0 radical (unpaired) electrons. The van der Waals surface area contributed by atoms with Gasteiger partial charge in [-0.15, -0.1) is 0 Å². The first kappa shape index (κ1) is 12.1. The van der Waals surface area contributed by atoms with Crippen molar-refractivity contribution in [3.8, 4) is 0 Å². The van der Waals surface area contributed by atoms with E-state index in [1.54, 1.807) is 0 Å². The van der Waals surface area contributed by atoms with Crippen LogP contribution in [-0.4, -0.2) is 4.98 Å². The summed E-state index contributed by atoms with van der Waals surface area (Å²) in [5, 5.41) is 0.717. The van der Waals surface area contributed by atoms with E-state index < -0.39 is 0 Å². The maximum absolute atomic E-state index is 6.14. The molecule has 17 heavy (non-hydrogen) atoms. The Hall–Kier alpha value is -1.38. The van der Waals surface area contributed by atoms with Crippen molar-refractivity contribution in [1.82, 2.24) is 4.98 Å². The minimum atomic E-state index is -0.0658. The van der Waals surface area contributed by atoms with E-state index in [2.05, 4.69) is 4.98 Å². The number of rotatable bonds is 3. The second kappa shape index (κ2) is 5.30. The fraction of sp³-hybridized carbons (Fsp3) is 0.214. The first-order chi connectivity index (χ1) is 8.15. The van der Waals surface area contributed by atoms with Gasteiger partial charge in [0, 0.05) is 29.4 Å². The lowest BCUT2D eigenvalue weighted by atomic mass is 10.0. The third-order valence-corrected chi connectivity index (χ3v) is 2.91. The summed E-state index contributed by atoms with van der Waals surface area (Å²) in [7, 11) is 0. The third kappa shape index (κ3) is 3.29. The van der Waals surface area contributed by atoms with E-state index in [4.69, 9.17) is 17.3 Å². The van der Waals surface area contributed by atoms with E-state index in [0.717, 1.165) is 28.3 Å². The van der Waals surface area contributed by atoms with Crippen molar-refractivity contribution in [2.24, 2.45) is 5.73 Å². The van der Waals surface area contributed by atoms with Crippen LogP contribution in [0.4, 0.5) is 0 Å². The topological polar surface area (TPSA) is 38.9 Å². The van der Waals surface area contributed by atoms with E-state index in [9.17, 15) is 0 Å². The van der Waals surface area contributed by atoms with Crippen molar-refractivity contribution >= 4 is 11.6 Å². The predicted octanol–water partition coefficient (Wildman–Crippen LogP) is 3.29. The number of pyridine rings is 1. The minimum absolute atomic E-state index is 0.0658. The summed E-state index contributed by atoms with van der Waals surface area (Å²) in [5.41, 5.74) is 9.34. The van der Waals surface area contributed by atoms with Gasteiger partial charge in [-0.1, -0.05) is 29.8 Å². The van der Waals surface area contributed by atoms with Gasteiger partial charge < -0.3 is 5.73 Å². The summed E-state index contributed by atoms with van der Waals surface area (Å²) in [4.78, 5) is 4.35. The monoisotopic (exact) mass is 246 g/mol. The number of aromatic nitrogens is 1. The first-order valence-electron chi connectivity index (χ1n) is 5.58. The normalized spacial score (nSPS) is 12.4. The third-order valence-electron chi connectivity index (χ3n) is 2.68. The Labute approximate surface area is 106 Å². The van der Waals surface area contributed by atoms with Crippen LogP contribution in [0, 0.1) is 6.92 Å². The summed E-state index contributed by atoms with van der Waals surface area (Å²) in [6, 6.07) is 11.7. The molecule has 1 heterocycles. The van der Waals surface area contributed by atoms with E-state index in [-0.39, 0.29) is 6.04 Å². The molecule has 0 saturated carbocycles. The number of nitrogens with zero attached hydrogens (tertiary/aromatic N) is 1. The van der Waals surface area contributed by atoms with Crippen molar-refractivity contribution in [2.45, 2.75) is 19.4 Å². The van der Waals surface area contributed by atoms with Crippen LogP contribution in [0.1, 0.15) is 22.9 Å². The molecule has 2 rings (SSSR count). The molecule has 0 spiro atoms. The largest absolute Gasteiger partial charge is 0.324 e. The molecule has 88 valence electrons. The molecule has 0 aliphatic carbocycles. The van der Waals surface area contributed by atoms with Crippen LogP contribution in [0.5, 0.6) is 0 Å². The molecule has 2 aromatic rings. The summed E-state index contributed by atoms with van der Waals surface area (Å²) in [6.07, 6.45) is 2.58. The molecular weight excluding hydrogens is 232 g/mol. The van der Waals surface area contributed by atoms with Gasteiger partial charge >= 0.3 is 0 Å². The van der Waals surface area contributed by atoms with Gasteiger partial charge in [-0.05, 0) is 36.2 Å². The Balaban J connectivity index is 2.11. The van der Waals surface area contributed by atoms with Crippen LogP contribution in [0.15, 0.2) is 42.6 Å².